The fourth-order valence-electron chi connectivity index (χ4n) is 1.13. The van der Waals surface area contributed by atoms with Gasteiger partial charge in [0.05, 0.1) is 6.54 Å². The van der Waals surface area contributed by atoms with Gasteiger partial charge in [0.2, 0.25) is 0 Å². The van der Waals surface area contributed by atoms with E-state index in [1.54, 1.807) is 0 Å². The summed E-state index contributed by atoms with van der Waals surface area (Å²) in [4.78, 5) is 11.2. The summed E-state index contributed by atoms with van der Waals surface area (Å²) < 4.78 is 5.04. The maximum atomic E-state index is 11.2. The van der Waals surface area contributed by atoms with E-state index < -0.39 is 11.7 Å². The van der Waals surface area contributed by atoms with Crippen LogP contribution in [0, 0.1) is 11.8 Å². The topological polar surface area (TPSA) is 50.4 Å². The maximum absolute atomic E-state index is 11.2. The van der Waals surface area contributed by atoms with Crippen molar-refractivity contribution < 1.29 is 9.53 Å². The van der Waals surface area contributed by atoms with Gasteiger partial charge in [0.1, 0.15) is 5.60 Å². The van der Waals surface area contributed by atoms with Crippen LogP contribution in [0.2, 0.25) is 0 Å². The van der Waals surface area contributed by atoms with Crippen LogP contribution >= 0.6 is 0 Å². The van der Waals surface area contributed by atoms with Gasteiger partial charge in [-0.05, 0) is 32.9 Å². The second-order valence-corrected chi connectivity index (χ2v) is 4.65. The van der Waals surface area contributed by atoms with E-state index in [9.17, 15) is 4.79 Å². The highest BCUT2D eigenvalue weighted by atomic mass is 16.6. The van der Waals surface area contributed by atoms with Crippen molar-refractivity contribution in [3.8, 4) is 11.8 Å². The Hall–Kier alpha value is -1.99. The molecule has 0 aliphatic carbocycles. The van der Waals surface area contributed by atoms with E-state index in [4.69, 9.17) is 4.74 Å². The lowest BCUT2D eigenvalue weighted by Crippen LogP contribution is -2.41. The molecular weight excluding hydrogens is 228 g/mol. The lowest BCUT2D eigenvalue weighted by molar-refractivity contribution is 0.0502. The van der Waals surface area contributed by atoms with Gasteiger partial charge in [0.25, 0.3) is 0 Å². The molecule has 0 unspecified atom stereocenters. The van der Waals surface area contributed by atoms with Gasteiger partial charge in [0.15, 0.2) is 0 Å². The lowest BCUT2D eigenvalue weighted by atomic mass is 10.2. The van der Waals surface area contributed by atoms with Crippen LogP contribution in [-0.4, -0.2) is 18.2 Å². The number of amides is 1. The predicted molar refractivity (Wildman–Crippen MR) is 70.7 cm³/mol. The number of ether oxygens (including phenoxy) is 1. The summed E-state index contributed by atoms with van der Waals surface area (Å²) in [5.41, 5.74) is 5.53. The number of hydrazine groups is 1. The van der Waals surface area contributed by atoms with Crippen molar-refractivity contribution in [2.75, 3.05) is 6.54 Å². The van der Waals surface area contributed by atoms with Crippen LogP contribution in [0.5, 0.6) is 0 Å². The molecule has 18 heavy (non-hydrogen) atoms. The minimum atomic E-state index is -0.510. The molecule has 1 aromatic rings. The second kappa shape index (κ2) is 6.67. The van der Waals surface area contributed by atoms with Crippen molar-refractivity contribution in [2.45, 2.75) is 26.4 Å². The van der Waals surface area contributed by atoms with Crippen molar-refractivity contribution in [3.05, 3.63) is 35.9 Å². The summed E-state index contributed by atoms with van der Waals surface area (Å²) >= 11 is 0. The summed E-state index contributed by atoms with van der Waals surface area (Å²) in [6, 6.07) is 9.64. The number of benzene rings is 1. The van der Waals surface area contributed by atoms with E-state index in [2.05, 4.69) is 22.7 Å². The van der Waals surface area contributed by atoms with Crippen LogP contribution in [0.4, 0.5) is 4.79 Å². The normalized spacial score (nSPS) is 10.2. The zero-order chi connectivity index (χ0) is 13.4. The molecule has 4 nitrogen and oxygen atoms in total. The van der Waals surface area contributed by atoms with Gasteiger partial charge < -0.3 is 4.74 Å². The monoisotopic (exact) mass is 246 g/mol. The summed E-state index contributed by atoms with van der Waals surface area (Å²) in [6.45, 7) is 5.78. The number of carbonyl (C=O) groups excluding carboxylic acids is 1. The molecule has 0 aliphatic rings. The Morgan fingerprint density at radius 1 is 1.28 bits per heavy atom. The number of nitrogens with one attached hydrogen (secondary N) is 2. The molecule has 4 heteroatoms. The molecule has 0 aliphatic heterocycles. The first-order valence-electron chi connectivity index (χ1n) is 5.73. The third-order valence-corrected chi connectivity index (χ3v) is 1.77. The fraction of sp³-hybridized carbons (Fsp3) is 0.357. The average molecular weight is 246 g/mol. The third kappa shape index (κ3) is 6.56. The summed E-state index contributed by atoms with van der Waals surface area (Å²) in [5, 5.41) is 0. The Morgan fingerprint density at radius 3 is 2.56 bits per heavy atom. The molecule has 2 N–H and O–H groups in total. The molecule has 1 rings (SSSR count). The maximum Gasteiger partial charge on any atom is 0.422 e. The van der Waals surface area contributed by atoms with Crippen LogP contribution in [0.15, 0.2) is 30.3 Å². The van der Waals surface area contributed by atoms with E-state index in [-0.39, 0.29) is 0 Å². The van der Waals surface area contributed by atoms with E-state index in [0.29, 0.717) is 6.54 Å². The van der Waals surface area contributed by atoms with Gasteiger partial charge in [-0.3, -0.25) is 5.43 Å². The standard InChI is InChI=1S/C14H18N2O2/c1-14(2,3)18-13(17)16-15-11-7-10-12-8-5-4-6-9-12/h4-6,8-9,15H,11H2,1-3H3,(H,16,17). The van der Waals surface area contributed by atoms with Gasteiger partial charge in [-0.15, -0.1) is 0 Å². The molecule has 1 aromatic carbocycles. The van der Waals surface area contributed by atoms with Crippen LogP contribution in [0.3, 0.4) is 0 Å². The molecular formula is C14H18N2O2. The summed E-state index contributed by atoms with van der Waals surface area (Å²) in [6.07, 6.45) is -0.510. The molecule has 0 aromatic heterocycles. The first kappa shape index (κ1) is 14.1. The van der Waals surface area contributed by atoms with Crippen molar-refractivity contribution in [1.29, 1.82) is 0 Å². The molecule has 0 bridgehead atoms. The van der Waals surface area contributed by atoms with Gasteiger partial charge in [-0.25, -0.2) is 10.2 Å². The van der Waals surface area contributed by atoms with Gasteiger partial charge in [-0.1, -0.05) is 30.0 Å². The zero-order valence-corrected chi connectivity index (χ0v) is 10.9. The first-order chi connectivity index (χ1) is 8.47. The summed E-state index contributed by atoms with van der Waals surface area (Å²) in [5.74, 6) is 5.85. The number of hydrogen-bond donors (Lipinski definition) is 2. The highest BCUT2D eigenvalue weighted by molar-refractivity contribution is 5.67. The Kier molecular flexibility index (Phi) is 5.22. The predicted octanol–water partition coefficient (Wildman–Crippen LogP) is 2.07. The van der Waals surface area contributed by atoms with Crippen molar-refractivity contribution in [3.63, 3.8) is 0 Å². The Bertz CT molecular complexity index is 438. The quantitative estimate of drug-likeness (QED) is 0.477. The molecule has 0 saturated carbocycles. The number of rotatable bonds is 2. The first-order valence-corrected chi connectivity index (χ1v) is 5.73. The molecule has 0 radical (unpaired) electrons. The lowest BCUT2D eigenvalue weighted by Gasteiger charge is -2.19. The highest BCUT2D eigenvalue weighted by Crippen LogP contribution is 2.05. The van der Waals surface area contributed by atoms with Crippen molar-refractivity contribution in [1.82, 2.24) is 10.9 Å². The SMILES string of the molecule is CC(C)(C)OC(=O)NNCC#Cc1ccccc1. The fourth-order valence-corrected chi connectivity index (χ4v) is 1.13. The van der Waals surface area contributed by atoms with Crippen LogP contribution in [0.1, 0.15) is 26.3 Å². The molecule has 0 heterocycles. The Labute approximate surface area is 108 Å². The Balaban J connectivity index is 2.24. The summed E-state index contributed by atoms with van der Waals surface area (Å²) in [7, 11) is 0. The molecule has 0 atom stereocenters. The van der Waals surface area contributed by atoms with E-state index in [1.807, 2.05) is 51.1 Å². The Morgan fingerprint density at radius 2 is 1.94 bits per heavy atom. The number of hydrogen-bond acceptors (Lipinski definition) is 3. The molecule has 0 spiro atoms. The second-order valence-electron chi connectivity index (χ2n) is 4.65. The van der Waals surface area contributed by atoms with Crippen molar-refractivity contribution in [2.24, 2.45) is 0 Å². The molecule has 96 valence electrons. The van der Waals surface area contributed by atoms with Gasteiger partial charge >= 0.3 is 6.09 Å². The van der Waals surface area contributed by atoms with Crippen LogP contribution < -0.4 is 10.9 Å². The van der Waals surface area contributed by atoms with E-state index >= 15 is 0 Å². The minimum Gasteiger partial charge on any atom is -0.443 e. The average Bonchev–Trinajstić information content (AvgIpc) is 2.27. The molecule has 0 fully saturated rings. The molecule has 1 amide bonds. The van der Waals surface area contributed by atoms with Crippen LogP contribution in [-0.2, 0) is 4.74 Å². The van der Waals surface area contributed by atoms with E-state index in [0.717, 1.165) is 5.56 Å². The third-order valence-electron chi connectivity index (χ3n) is 1.77. The van der Waals surface area contributed by atoms with E-state index in [1.165, 1.54) is 0 Å². The largest absolute Gasteiger partial charge is 0.443 e. The van der Waals surface area contributed by atoms with Gasteiger partial charge in [-0.2, -0.15) is 0 Å². The van der Waals surface area contributed by atoms with Gasteiger partial charge in [0, 0.05) is 5.56 Å². The smallest absolute Gasteiger partial charge is 0.422 e. The number of carbonyl (C=O) groups is 1. The minimum absolute atomic E-state index is 0.355. The van der Waals surface area contributed by atoms with Crippen LogP contribution in [0.25, 0.3) is 0 Å². The zero-order valence-electron chi connectivity index (χ0n) is 10.9. The highest BCUT2D eigenvalue weighted by Gasteiger charge is 2.15. The van der Waals surface area contributed by atoms with Crippen molar-refractivity contribution >= 4 is 6.09 Å². The molecule has 0 saturated heterocycles.